The van der Waals surface area contributed by atoms with Crippen molar-refractivity contribution in [2.75, 3.05) is 33.4 Å². The van der Waals surface area contributed by atoms with E-state index >= 15 is 0 Å². The average molecular weight is 393 g/mol. The Hall–Kier alpha value is -2.64. The Bertz CT molecular complexity index is 992. The van der Waals surface area contributed by atoms with E-state index < -0.39 is 0 Å². The molecule has 152 valence electrons. The van der Waals surface area contributed by atoms with Crippen LogP contribution in [0.5, 0.6) is 0 Å². The minimum absolute atomic E-state index is 0.136. The molecule has 3 heterocycles. The SMILES string of the molecule is COCCN1CCC(C(=O)Cc2cc3cc(-c4cn(C)nn4)ccc3cn2)CC1. The molecule has 0 atom stereocenters. The molecule has 1 aliphatic heterocycles. The largest absolute Gasteiger partial charge is 0.383 e. The summed E-state index contributed by atoms with van der Waals surface area (Å²) >= 11 is 0. The second-order valence-electron chi connectivity index (χ2n) is 7.77. The van der Waals surface area contributed by atoms with Gasteiger partial charge in [0.25, 0.3) is 0 Å². The van der Waals surface area contributed by atoms with Crippen LogP contribution < -0.4 is 0 Å². The first kappa shape index (κ1) is 19.7. The lowest BCUT2D eigenvalue weighted by atomic mass is 9.90. The third-order valence-electron chi connectivity index (χ3n) is 5.69. The van der Waals surface area contributed by atoms with E-state index in [0.29, 0.717) is 12.2 Å². The van der Waals surface area contributed by atoms with Gasteiger partial charge in [-0.3, -0.25) is 14.5 Å². The Balaban J connectivity index is 1.43. The molecule has 0 N–H and O–H groups in total. The first-order valence-corrected chi connectivity index (χ1v) is 10.1. The fraction of sp³-hybridized carbons (Fsp3) is 0.455. The van der Waals surface area contributed by atoms with Gasteiger partial charge < -0.3 is 9.64 Å². The fourth-order valence-electron chi connectivity index (χ4n) is 3.94. The molecular weight excluding hydrogens is 366 g/mol. The Morgan fingerprint density at radius 2 is 2.03 bits per heavy atom. The Morgan fingerprint density at radius 3 is 2.76 bits per heavy atom. The minimum atomic E-state index is 0.136. The molecule has 7 nitrogen and oxygen atoms in total. The van der Waals surface area contributed by atoms with E-state index in [4.69, 9.17) is 4.74 Å². The van der Waals surface area contributed by atoms with Crippen molar-refractivity contribution in [3.8, 4) is 11.3 Å². The van der Waals surface area contributed by atoms with Crippen molar-refractivity contribution in [3.63, 3.8) is 0 Å². The van der Waals surface area contributed by atoms with E-state index in [0.717, 1.165) is 66.8 Å². The van der Waals surface area contributed by atoms with Crippen LogP contribution in [0.1, 0.15) is 18.5 Å². The van der Waals surface area contributed by atoms with Gasteiger partial charge in [-0.15, -0.1) is 5.10 Å². The minimum Gasteiger partial charge on any atom is -0.383 e. The molecule has 0 bridgehead atoms. The number of fused-ring (bicyclic) bond motifs is 1. The summed E-state index contributed by atoms with van der Waals surface area (Å²) in [6.07, 6.45) is 5.99. The molecule has 0 spiro atoms. The molecule has 7 heteroatoms. The molecule has 4 rings (SSSR count). The number of ether oxygens (including phenoxy) is 1. The van der Waals surface area contributed by atoms with Gasteiger partial charge in [0.2, 0.25) is 0 Å². The number of piperidine rings is 1. The number of rotatable bonds is 7. The molecule has 3 aromatic rings. The lowest BCUT2D eigenvalue weighted by molar-refractivity contribution is -0.123. The number of hydrogen-bond donors (Lipinski definition) is 0. The first-order chi connectivity index (χ1) is 14.1. The van der Waals surface area contributed by atoms with Crippen LogP contribution in [-0.4, -0.2) is 64.0 Å². The summed E-state index contributed by atoms with van der Waals surface area (Å²) in [5.41, 5.74) is 2.68. The van der Waals surface area contributed by atoms with Gasteiger partial charge in [-0.1, -0.05) is 17.3 Å². The zero-order valence-electron chi connectivity index (χ0n) is 17.0. The second kappa shape index (κ2) is 8.80. The predicted molar refractivity (Wildman–Crippen MR) is 111 cm³/mol. The van der Waals surface area contributed by atoms with E-state index in [1.807, 2.05) is 37.6 Å². The molecule has 29 heavy (non-hydrogen) atoms. The number of ketones is 1. The highest BCUT2D eigenvalue weighted by molar-refractivity contribution is 5.88. The number of benzene rings is 1. The summed E-state index contributed by atoms with van der Waals surface area (Å²) in [4.78, 5) is 19.7. The standard InChI is InChI=1S/C22H27N5O2/c1-26-15-21(24-25-26)17-3-4-18-14-23-20(12-19(18)11-17)13-22(28)16-5-7-27(8-6-16)9-10-29-2/h3-4,11-12,14-16H,5-10,13H2,1-2H3. The number of aryl methyl sites for hydroxylation is 1. The maximum Gasteiger partial charge on any atom is 0.142 e. The fourth-order valence-corrected chi connectivity index (χ4v) is 3.94. The highest BCUT2D eigenvalue weighted by Gasteiger charge is 2.25. The summed E-state index contributed by atoms with van der Waals surface area (Å²) < 4.78 is 6.84. The van der Waals surface area contributed by atoms with Crippen molar-refractivity contribution in [1.29, 1.82) is 0 Å². The van der Waals surface area contributed by atoms with Gasteiger partial charge in [-0.05, 0) is 43.5 Å². The summed E-state index contributed by atoms with van der Waals surface area (Å²) in [6.45, 7) is 3.62. The van der Waals surface area contributed by atoms with E-state index in [-0.39, 0.29) is 5.92 Å². The summed E-state index contributed by atoms with van der Waals surface area (Å²) in [6, 6.07) is 8.17. The smallest absolute Gasteiger partial charge is 0.142 e. The van der Waals surface area contributed by atoms with Crippen LogP contribution in [-0.2, 0) is 23.0 Å². The van der Waals surface area contributed by atoms with Gasteiger partial charge in [0.05, 0.1) is 12.8 Å². The van der Waals surface area contributed by atoms with E-state index in [1.54, 1.807) is 11.8 Å². The van der Waals surface area contributed by atoms with Crippen molar-refractivity contribution in [1.82, 2.24) is 24.9 Å². The Kier molecular flexibility index (Phi) is 5.97. The molecule has 0 radical (unpaired) electrons. The van der Waals surface area contributed by atoms with Crippen molar-refractivity contribution in [2.45, 2.75) is 19.3 Å². The van der Waals surface area contributed by atoms with Gasteiger partial charge in [0.15, 0.2) is 0 Å². The molecule has 0 unspecified atom stereocenters. The van der Waals surface area contributed by atoms with Crippen LogP contribution in [0.25, 0.3) is 22.0 Å². The van der Waals surface area contributed by atoms with Crippen LogP contribution in [0.4, 0.5) is 0 Å². The highest BCUT2D eigenvalue weighted by atomic mass is 16.5. The third kappa shape index (κ3) is 4.68. The van der Waals surface area contributed by atoms with Crippen molar-refractivity contribution >= 4 is 16.6 Å². The average Bonchev–Trinajstić information content (AvgIpc) is 3.18. The number of carbonyl (C=O) groups is 1. The van der Waals surface area contributed by atoms with E-state index in [2.05, 4.69) is 26.3 Å². The third-order valence-corrected chi connectivity index (χ3v) is 5.69. The highest BCUT2D eigenvalue weighted by Crippen LogP contribution is 2.24. The van der Waals surface area contributed by atoms with Crippen molar-refractivity contribution < 1.29 is 9.53 Å². The van der Waals surface area contributed by atoms with Gasteiger partial charge in [-0.2, -0.15) is 0 Å². The Labute approximate surface area is 170 Å². The number of methoxy groups -OCH3 is 1. The molecule has 1 aliphatic rings. The number of carbonyl (C=O) groups excluding carboxylic acids is 1. The number of likely N-dealkylation sites (tertiary alicyclic amines) is 1. The maximum atomic E-state index is 12.8. The van der Waals surface area contributed by atoms with Crippen LogP contribution in [0.3, 0.4) is 0 Å². The quantitative estimate of drug-likeness (QED) is 0.614. The molecule has 1 fully saturated rings. The monoisotopic (exact) mass is 393 g/mol. The van der Waals surface area contributed by atoms with Crippen LogP contribution >= 0.6 is 0 Å². The zero-order chi connectivity index (χ0) is 20.2. The molecule has 1 saturated heterocycles. The molecule has 0 aliphatic carbocycles. The summed E-state index contributed by atoms with van der Waals surface area (Å²) in [7, 11) is 3.58. The lowest BCUT2D eigenvalue weighted by Crippen LogP contribution is -2.38. The topological polar surface area (TPSA) is 73.1 Å². The first-order valence-electron chi connectivity index (χ1n) is 10.1. The predicted octanol–water partition coefficient (Wildman–Crippen LogP) is 2.50. The number of Topliss-reactive ketones (excluding diaryl/α,β-unsaturated/α-hetero) is 1. The number of hydrogen-bond acceptors (Lipinski definition) is 6. The van der Waals surface area contributed by atoms with Crippen molar-refractivity contribution in [3.05, 3.63) is 42.4 Å². The van der Waals surface area contributed by atoms with Crippen LogP contribution in [0.15, 0.2) is 36.7 Å². The van der Waals surface area contributed by atoms with Gasteiger partial charge in [-0.25, -0.2) is 0 Å². The van der Waals surface area contributed by atoms with E-state index in [1.165, 1.54) is 0 Å². The summed E-state index contributed by atoms with van der Waals surface area (Å²) in [5, 5.41) is 10.3. The van der Waals surface area contributed by atoms with Gasteiger partial charge >= 0.3 is 0 Å². The molecular formula is C22H27N5O2. The Morgan fingerprint density at radius 1 is 1.21 bits per heavy atom. The second-order valence-corrected chi connectivity index (χ2v) is 7.77. The number of pyridine rings is 1. The van der Waals surface area contributed by atoms with Crippen LogP contribution in [0.2, 0.25) is 0 Å². The molecule has 0 saturated carbocycles. The molecule has 0 amide bonds. The van der Waals surface area contributed by atoms with E-state index in [9.17, 15) is 4.79 Å². The normalized spacial score (nSPS) is 15.8. The molecule has 1 aromatic carbocycles. The number of aromatic nitrogens is 4. The summed E-state index contributed by atoms with van der Waals surface area (Å²) in [5.74, 6) is 0.436. The van der Waals surface area contributed by atoms with Crippen LogP contribution in [0, 0.1) is 5.92 Å². The zero-order valence-corrected chi connectivity index (χ0v) is 17.0. The molecule has 2 aromatic heterocycles. The number of nitrogens with zero attached hydrogens (tertiary/aromatic N) is 5. The van der Waals surface area contributed by atoms with Gasteiger partial charge in [0, 0.05) is 55.9 Å². The lowest BCUT2D eigenvalue weighted by Gasteiger charge is -2.30. The van der Waals surface area contributed by atoms with Crippen molar-refractivity contribution in [2.24, 2.45) is 13.0 Å². The van der Waals surface area contributed by atoms with Gasteiger partial charge in [0.1, 0.15) is 11.5 Å². The maximum absolute atomic E-state index is 12.8.